The maximum absolute atomic E-state index is 9.03. The number of anilines is 1. The molecule has 0 unspecified atom stereocenters. The van der Waals surface area contributed by atoms with Crippen molar-refractivity contribution in [3.8, 4) is 0 Å². The number of hydrogen-bond donors (Lipinski definition) is 1. The Kier molecular flexibility index (Phi) is 3.38. The molecule has 0 saturated carbocycles. The number of rotatable bonds is 2. The molecule has 1 fully saturated rings. The molecule has 1 aromatic rings. The van der Waals surface area contributed by atoms with E-state index in [9.17, 15) is 0 Å². The van der Waals surface area contributed by atoms with Crippen LogP contribution in [0.2, 0.25) is 5.02 Å². The van der Waals surface area contributed by atoms with Crippen LogP contribution in [0.4, 0.5) is 5.82 Å². The van der Waals surface area contributed by atoms with Gasteiger partial charge >= 0.3 is 0 Å². The molecule has 1 N–H and O–H groups in total. The van der Waals surface area contributed by atoms with Crippen LogP contribution in [0.5, 0.6) is 0 Å². The van der Waals surface area contributed by atoms with Crippen LogP contribution >= 0.6 is 11.6 Å². The van der Waals surface area contributed by atoms with Gasteiger partial charge in [-0.25, -0.2) is 9.97 Å². The fourth-order valence-corrected chi connectivity index (χ4v) is 2.09. The van der Waals surface area contributed by atoms with E-state index in [-0.39, 0.29) is 6.61 Å². The van der Waals surface area contributed by atoms with Gasteiger partial charge in [0.05, 0.1) is 6.20 Å². The summed E-state index contributed by atoms with van der Waals surface area (Å²) in [5, 5.41) is 9.63. The van der Waals surface area contributed by atoms with Gasteiger partial charge in [0.1, 0.15) is 11.3 Å². The quantitative estimate of drug-likeness (QED) is 0.829. The van der Waals surface area contributed by atoms with Gasteiger partial charge in [-0.15, -0.1) is 0 Å². The largest absolute Gasteiger partial charge is 0.396 e. The molecular formula is C10H14ClN3O. The van der Waals surface area contributed by atoms with Crippen LogP contribution in [0, 0.1) is 5.92 Å². The first-order valence-corrected chi connectivity index (χ1v) is 5.50. The number of aliphatic hydroxyl groups is 1. The van der Waals surface area contributed by atoms with Crippen molar-refractivity contribution in [2.45, 2.75) is 12.8 Å². The number of aromatic nitrogens is 2. The van der Waals surface area contributed by atoms with Crippen molar-refractivity contribution >= 4 is 17.4 Å². The van der Waals surface area contributed by atoms with Crippen LogP contribution in [0.15, 0.2) is 12.5 Å². The molecule has 0 amide bonds. The average Bonchev–Trinajstić information content (AvgIpc) is 2.30. The highest BCUT2D eigenvalue weighted by atomic mass is 35.5. The molecule has 1 aromatic heterocycles. The summed E-state index contributed by atoms with van der Waals surface area (Å²) >= 11 is 6.01. The van der Waals surface area contributed by atoms with E-state index < -0.39 is 0 Å². The van der Waals surface area contributed by atoms with E-state index >= 15 is 0 Å². The zero-order valence-corrected chi connectivity index (χ0v) is 9.19. The average molecular weight is 228 g/mol. The zero-order chi connectivity index (χ0) is 10.7. The van der Waals surface area contributed by atoms with Crippen molar-refractivity contribution in [2.75, 3.05) is 24.6 Å². The first-order valence-electron chi connectivity index (χ1n) is 5.12. The maximum Gasteiger partial charge on any atom is 0.150 e. The van der Waals surface area contributed by atoms with Crippen molar-refractivity contribution in [3.05, 3.63) is 17.5 Å². The Morgan fingerprint density at radius 1 is 1.47 bits per heavy atom. The van der Waals surface area contributed by atoms with Gasteiger partial charge in [0.25, 0.3) is 0 Å². The summed E-state index contributed by atoms with van der Waals surface area (Å²) < 4.78 is 0. The van der Waals surface area contributed by atoms with Crippen LogP contribution in [-0.4, -0.2) is 34.8 Å². The van der Waals surface area contributed by atoms with Crippen LogP contribution in [-0.2, 0) is 0 Å². The van der Waals surface area contributed by atoms with Gasteiger partial charge in [-0.2, -0.15) is 0 Å². The lowest BCUT2D eigenvalue weighted by Gasteiger charge is -2.32. The van der Waals surface area contributed by atoms with Crippen LogP contribution in [0.3, 0.4) is 0 Å². The predicted molar refractivity (Wildman–Crippen MR) is 59.1 cm³/mol. The fourth-order valence-electron chi connectivity index (χ4n) is 1.87. The summed E-state index contributed by atoms with van der Waals surface area (Å²) in [5.74, 6) is 1.24. The smallest absolute Gasteiger partial charge is 0.150 e. The Morgan fingerprint density at radius 3 is 2.80 bits per heavy atom. The highest BCUT2D eigenvalue weighted by Gasteiger charge is 2.20. The molecule has 0 atom stereocenters. The number of nitrogens with zero attached hydrogens (tertiary/aromatic N) is 3. The Bertz CT molecular complexity index is 326. The molecule has 4 nitrogen and oxygen atoms in total. The second-order valence-electron chi connectivity index (χ2n) is 3.81. The van der Waals surface area contributed by atoms with E-state index in [2.05, 4.69) is 14.9 Å². The molecule has 15 heavy (non-hydrogen) atoms. The number of hydrogen-bond acceptors (Lipinski definition) is 4. The van der Waals surface area contributed by atoms with Gasteiger partial charge in [-0.1, -0.05) is 11.6 Å². The minimum atomic E-state index is 0.283. The second kappa shape index (κ2) is 4.77. The molecule has 1 aliphatic rings. The molecular weight excluding hydrogens is 214 g/mol. The molecule has 1 saturated heterocycles. The Labute approximate surface area is 93.9 Å². The van der Waals surface area contributed by atoms with E-state index in [1.165, 1.54) is 6.33 Å². The van der Waals surface area contributed by atoms with E-state index in [1.807, 2.05) is 0 Å². The Morgan fingerprint density at radius 2 is 2.20 bits per heavy atom. The fraction of sp³-hybridized carbons (Fsp3) is 0.600. The molecule has 0 bridgehead atoms. The number of aliphatic hydroxyl groups excluding tert-OH is 1. The van der Waals surface area contributed by atoms with Gasteiger partial charge in [0, 0.05) is 19.7 Å². The third-order valence-corrected chi connectivity index (χ3v) is 3.09. The molecule has 1 aliphatic heterocycles. The molecule has 2 rings (SSSR count). The topological polar surface area (TPSA) is 49.2 Å². The van der Waals surface area contributed by atoms with Crippen molar-refractivity contribution in [1.82, 2.24) is 9.97 Å². The van der Waals surface area contributed by atoms with Gasteiger partial charge in [0.2, 0.25) is 0 Å². The van der Waals surface area contributed by atoms with Crippen LogP contribution in [0.1, 0.15) is 12.8 Å². The molecule has 5 heteroatoms. The molecule has 0 aromatic carbocycles. The SMILES string of the molecule is OCC1CCN(c2ncncc2Cl)CC1. The highest BCUT2D eigenvalue weighted by Crippen LogP contribution is 2.26. The van der Waals surface area contributed by atoms with Crippen molar-refractivity contribution < 1.29 is 5.11 Å². The van der Waals surface area contributed by atoms with Crippen LogP contribution in [0.25, 0.3) is 0 Å². The molecule has 2 heterocycles. The lowest BCUT2D eigenvalue weighted by Crippen LogP contribution is -2.35. The summed E-state index contributed by atoms with van der Waals surface area (Å²) in [6.07, 6.45) is 5.12. The Balaban J connectivity index is 2.04. The third kappa shape index (κ3) is 2.38. The molecule has 82 valence electrons. The third-order valence-electron chi connectivity index (χ3n) is 2.82. The Hall–Kier alpha value is -0.870. The first-order chi connectivity index (χ1) is 7.31. The van der Waals surface area contributed by atoms with E-state index in [4.69, 9.17) is 16.7 Å². The lowest BCUT2D eigenvalue weighted by atomic mass is 9.98. The van der Waals surface area contributed by atoms with E-state index in [0.29, 0.717) is 10.9 Å². The summed E-state index contributed by atoms with van der Waals surface area (Å²) in [6, 6.07) is 0. The van der Waals surface area contributed by atoms with Crippen LogP contribution < -0.4 is 4.90 Å². The molecule has 0 radical (unpaired) electrons. The predicted octanol–water partition coefficient (Wildman–Crippen LogP) is 1.34. The van der Waals surface area contributed by atoms with Gasteiger partial charge < -0.3 is 10.0 Å². The maximum atomic E-state index is 9.03. The van der Waals surface area contributed by atoms with Crippen molar-refractivity contribution in [3.63, 3.8) is 0 Å². The minimum Gasteiger partial charge on any atom is -0.396 e. The van der Waals surface area contributed by atoms with E-state index in [0.717, 1.165) is 31.7 Å². The molecule has 0 spiro atoms. The van der Waals surface area contributed by atoms with Crippen molar-refractivity contribution in [2.24, 2.45) is 5.92 Å². The minimum absolute atomic E-state index is 0.283. The van der Waals surface area contributed by atoms with Crippen molar-refractivity contribution in [1.29, 1.82) is 0 Å². The summed E-state index contributed by atoms with van der Waals surface area (Å²) in [4.78, 5) is 10.2. The lowest BCUT2D eigenvalue weighted by molar-refractivity contribution is 0.203. The normalized spacial score (nSPS) is 18.1. The zero-order valence-electron chi connectivity index (χ0n) is 8.43. The number of halogens is 1. The standard InChI is InChI=1S/C10H14ClN3O/c11-9-5-12-7-13-10(9)14-3-1-8(6-15)2-4-14/h5,7-8,15H,1-4,6H2. The highest BCUT2D eigenvalue weighted by molar-refractivity contribution is 6.32. The summed E-state index contributed by atoms with van der Waals surface area (Å²) in [7, 11) is 0. The second-order valence-corrected chi connectivity index (χ2v) is 4.21. The molecule has 0 aliphatic carbocycles. The van der Waals surface area contributed by atoms with Gasteiger partial charge in [-0.05, 0) is 18.8 Å². The van der Waals surface area contributed by atoms with E-state index in [1.54, 1.807) is 6.20 Å². The summed E-state index contributed by atoms with van der Waals surface area (Å²) in [6.45, 7) is 2.09. The summed E-state index contributed by atoms with van der Waals surface area (Å²) in [5.41, 5.74) is 0. The first kappa shape index (κ1) is 10.6. The monoisotopic (exact) mass is 227 g/mol. The van der Waals surface area contributed by atoms with Gasteiger partial charge in [0.15, 0.2) is 5.82 Å². The number of piperidine rings is 1. The van der Waals surface area contributed by atoms with Gasteiger partial charge in [-0.3, -0.25) is 0 Å².